The van der Waals surface area contributed by atoms with Crippen molar-refractivity contribution in [1.82, 2.24) is 4.98 Å². The summed E-state index contributed by atoms with van der Waals surface area (Å²) in [5.41, 5.74) is 3.53. The maximum atomic E-state index is 12.5. The highest BCUT2D eigenvalue weighted by Gasteiger charge is 2.22. The molecule has 0 unspecified atom stereocenters. The minimum Gasteiger partial charge on any atom is -0.393 e. The predicted molar refractivity (Wildman–Crippen MR) is 113 cm³/mol. The summed E-state index contributed by atoms with van der Waals surface area (Å²) in [4.78, 5) is 19.1. The van der Waals surface area contributed by atoms with Crippen LogP contribution in [0.15, 0.2) is 42.6 Å². The van der Waals surface area contributed by atoms with Crippen LogP contribution < -0.4 is 4.90 Å². The van der Waals surface area contributed by atoms with Gasteiger partial charge in [0.1, 0.15) is 5.82 Å². The lowest BCUT2D eigenvalue weighted by Crippen LogP contribution is -2.36. The summed E-state index contributed by atoms with van der Waals surface area (Å²) in [6.45, 7) is 3.09. The number of carbonyl (C=O) groups excluding carboxylic acids is 1. The van der Waals surface area contributed by atoms with Gasteiger partial charge in [-0.3, -0.25) is 4.79 Å². The van der Waals surface area contributed by atoms with Crippen molar-refractivity contribution in [2.75, 3.05) is 31.2 Å². The zero-order valence-electron chi connectivity index (χ0n) is 16.9. The summed E-state index contributed by atoms with van der Waals surface area (Å²) in [6.07, 6.45) is 6.14. The van der Waals surface area contributed by atoms with E-state index in [1.165, 1.54) is 11.1 Å². The van der Waals surface area contributed by atoms with Gasteiger partial charge >= 0.3 is 0 Å². The van der Waals surface area contributed by atoms with Crippen molar-refractivity contribution in [3.8, 4) is 0 Å². The number of hydrogen-bond donors (Lipinski definition) is 1. The Morgan fingerprint density at radius 3 is 2.48 bits per heavy atom. The Hall–Kier alpha value is -2.24. The number of hydrogen-bond acceptors (Lipinski definition) is 5. The number of Topliss-reactive ketones (excluding diaryl/α,β-unsaturated/α-hetero) is 1. The minimum atomic E-state index is -0.414. The molecule has 1 saturated heterocycles. The van der Waals surface area contributed by atoms with Gasteiger partial charge in [-0.1, -0.05) is 24.3 Å². The zero-order valence-corrected chi connectivity index (χ0v) is 16.9. The number of carbonyl (C=O) groups is 1. The SMILES string of the molecule is O=C(CC[C@@H](O)CCC1Cc2ccccc2C1)c1ccc(N2CCOCC2)nc1. The standard InChI is InChI=1S/C24H30N2O3/c27-22(7-5-18-15-19-3-1-2-4-20(19)16-18)8-9-23(28)21-6-10-24(25-17-21)26-11-13-29-14-12-26/h1-4,6,10,17-18,22,27H,5,7-9,11-16H2/t22-/m0/s1. The first-order valence-electron chi connectivity index (χ1n) is 10.8. The molecule has 0 saturated carbocycles. The van der Waals surface area contributed by atoms with Gasteiger partial charge in [-0.05, 0) is 61.3 Å². The molecule has 29 heavy (non-hydrogen) atoms. The van der Waals surface area contributed by atoms with Crippen LogP contribution in [-0.2, 0) is 17.6 Å². The maximum Gasteiger partial charge on any atom is 0.164 e. The van der Waals surface area contributed by atoms with Crippen molar-refractivity contribution in [2.24, 2.45) is 5.92 Å². The Kier molecular flexibility index (Phi) is 6.57. The van der Waals surface area contributed by atoms with Crippen molar-refractivity contribution in [3.05, 3.63) is 59.3 Å². The van der Waals surface area contributed by atoms with Crippen molar-refractivity contribution < 1.29 is 14.6 Å². The van der Waals surface area contributed by atoms with Gasteiger partial charge in [0.25, 0.3) is 0 Å². The van der Waals surface area contributed by atoms with Crippen LogP contribution in [0.2, 0.25) is 0 Å². The molecule has 1 aliphatic heterocycles. The van der Waals surface area contributed by atoms with E-state index in [4.69, 9.17) is 4.74 Å². The van der Waals surface area contributed by atoms with E-state index in [0.29, 0.717) is 37.5 Å². The summed E-state index contributed by atoms with van der Waals surface area (Å²) >= 11 is 0. The number of benzene rings is 1. The second-order valence-corrected chi connectivity index (χ2v) is 8.24. The van der Waals surface area contributed by atoms with Gasteiger partial charge in [0.15, 0.2) is 5.78 Å². The molecule has 4 rings (SSSR count). The number of nitrogens with zero attached hydrogens (tertiary/aromatic N) is 2. The number of anilines is 1. The molecular weight excluding hydrogens is 364 g/mol. The Balaban J connectivity index is 1.19. The van der Waals surface area contributed by atoms with Crippen LogP contribution in [0.4, 0.5) is 5.82 Å². The molecule has 1 aliphatic carbocycles. The quantitative estimate of drug-likeness (QED) is 0.695. The monoisotopic (exact) mass is 394 g/mol. The lowest BCUT2D eigenvalue weighted by molar-refractivity contribution is 0.0926. The lowest BCUT2D eigenvalue weighted by Gasteiger charge is -2.27. The molecule has 2 aliphatic rings. The first-order chi connectivity index (χ1) is 14.2. The van der Waals surface area contributed by atoms with Crippen molar-refractivity contribution in [2.45, 2.75) is 44.6 Å². The Morgan fingerprint density at radius 1 is 1.10 bits per heavy atom. The number of pyridine rings is 1. The summed E-state index contributed by atoms with van der Waals surface area (Å²) < 4.78 is 5.36. The van der Waals surface area contributed by atoms with E-state index < -0.39 is 6.10 Å². The maximum absolute atomic E-state index is 12.5. The van der Waals surface area contributed by atoms with Gasteiger partial charge < -0.3 is 14.7 Å². The second kappa shape index (κ2) is 9.51. The smallest absolute Gasteiger partial charge is 0.164 e. The number of rotatable bonds is 8. The number of ether oxygens (including phenoxy) is 1. The Labute approximate surface area is 172 Å². The van der Waals surface area contributed by atoms with Gasteiger partial charge in [0.2, 0.25) is 0 Å². The first kappa shape index (κ1) is 20.0. The van der Waals surface area contributed by atoms with E-state index in [1.54, 1.807) is 6.20 Å². The van der Waals surface area contributed by atoms with Gasteiger partial charge in [-0.15, -0.1) is 0 Å². The number of fused-ring (bicyclic) bond motifs is 1. The third kappa shape index (κ3) is 5.22. The zero-order chi connectivity index (χ0) is 20.1. The minimum absolute atomic E-state index is 0.0540. The molecule has 1 aromatic carbocycles. The molecule has 2 aromatic rings. The largest absolute Gasteiger partial charge is 0.393 e. The molecule has 1 atom stereocenters. The third-order valence-electron chi connectivity index (χ3n) is 6.15. The van der Waals surface area contributed by atoms with E-state index >= 15 is 0 Å². The van der Waals surface area contributed by atoms with Crippen LogP contribution in [0.5, 0.6) is 0 Å². The fraction of sp³-hybridized carbons (Fsp3) is 0.500. The van der Waals surface area contributed by atoms with E-state index in [1.807, 2.05) is 12.1 Å². The normalized spacial score (nSPS) is 17.9. The lowest BCUT2D eigenvalue weighted by atomic mass is 9.95. The van der Waals surface area contributed by atoms with Gasteiger partial charge in [0, 0.05) is 31.3 Å². The molecule has 0 amide bonds. The molecule has 5 nitrogen and oxygen atoms in total. The molecule has 1 fully saturated rings. The summed E-state index contributed by atoms with van der Waals surface area (Å²) in [5.74, 6) is 1.57. The van der Waals surface area contributed by atoms with Crippen LogP contribution in [-0.4, -0.2) is 48.3 Å². The third-order valence-corrected chi connectivity index (χ3v) is 6.15. The van der Waals surface area contributed by atoms with Crippen LogP contribution in [0.3, 0.4) is 0 Å². The summed E-state index contributed by atoms with van der Waals surface area (Å²) in [5, 5.41) is 10.4. The topological polar surface area (TPSA) is 62.7 Å². The Morgan fingerprint density at radius 2 is 1.83 bits per heavy atom. The highest BCUT2D eigenvalue weighted by molar-refractivity contribution is 5.95. The fourth-order valence-corrected chi connectivity index (χ4v) is 4.40. The number of aromatic nitrogens is 1. The van der Waals surface area contributed by atoms with Crippen LogP contribution in [0, 0.1) is 5.92 Å². The van der Waals surface area contributed by atoms with Crippen molar-refractivity contribution in [1.29, 1.82) is 0 Å². The molecule has 1 N–H and O–H groups in total. The van der Waals surface area contributed by atoms with Crippen molar-refractivity contribution in [3.63, 3.8) is 0 Å². The molecule has 1 aromatic heterocycles. The van der Waals surface area contributed by atoms with Crippen molar-refractivity contribution >= 4 is 11.6 Å². The molecule has 154 valence electrons. The van der Waals surface area contributed by atoms with Gasteiger partial charge in [-0.25, -0.2) is 4.98 Å². The number of aliphatic hydroxyl groups is 1. The van der Waals surface area contributed by atoms with E-state index in [9.17, 15) is 9.90 Å². The average Bonchev–Trinajstić information content (AvgIpc) is 3.20. The fourth-order valence-electron chi connectivity index (χ4n) is 4.40. The molecule has 5 heteroatoms. The second-order valence-electron chi connectivity index (χ2n) is 8.24. The molecular formula is C24H30N2O3. The number of aliphatic hydroxyl groups excluding tert-OH is 1. The van der Waals surface area contributed by atoms with Crippen LogP contribution in [0.25, 0.3) is 0 Å². The van der Waals surface area contributed by atoms with Crippen LogP contribution >= 0.6 is 0 Å². The average molecular weight is 395 g/mol. The molecule has 0 bridgehead atoms. The Bertz CT molecular complexity index is 790. The number of morpholine rings is 1. The van der Waals surface area contributed by atoms with Crippen LogP contribution in [0.1, 0.15) is 47.2 Å². The summed E-state index contributed by atoms with van der Waals surface area (Å²) in [6, 6.07) is 12.4. The summed E-state index contributed by atoms with van der Waals surface area (Å²) in [7, 11) is 0. The van der Waals surface area contributed by atoms with E-state index in [0.717, 1.165) is 44.6 Å². The van der Waals surface area contributed by atoms with E-state index in [2.05, 4.69) is 34.1 Å². The molecule has 0 radical (unpaired) electrons. The predicted octanol–water partition coefficient (Wildman–Crippen LogP) is 3.44. The highest BCUT2D eigenvalue weighted by Crippen LogP contribution is 2.30. The van der Waals surface area contributed by atoms with E-state index in [-0.39, 0.29) is 5.78 Å². The van der Waals surface area contributed by atoms with Gasteiger partial charge in [0.05, 0.1) is 19.3 Å². The first-order valence-corrected chi connectivity index (χ1v) is 10.8. The van der Waals surface area contributed by atoms with Gasteiger partial charge in [-0.2, -0.15) is 0 Å². The highest BCUT2D eigenvalue weighted by atomic mass is 16.5. The molecule has 2 heterocycles. The number of ketones is 1. The molecule has 0 spiro atoms.